The summed E-state index contributed by atoms with van der Waals surface area (Å²) in [7, 11) is 0. The van der Waals surface area contributed by atoms with Crippen molar-refractivity contribution in [3.63, 3.8) is 0 Å². The molecule has 2 aromatic carbocycles. The molecular formula is C27H29N3O. The number of aliphatic imine (C=N–C) groups is 1. The third-order valence-electron chi connectivity index (χ3n) is 7.75. The Bertz CT molecular complexity index is 1210. The summed E-state index contributed by atoms with van der Waals surface area (Å²) in [4.78, 5) is 12.2. The molecule has 0 saturated heterocycles. The van der Waals surface area contributed by atoms with Crippen molar-refractivity contribution in [3.8, 4) is 5.75 Å². The molecule has 31 heavy (non-hydrogen) atoms. The molecule has 0 radical (unpaired) electrons. The number of fused-ring (bicyclic) bond motifs is 4. The van der Waals surface area contributed by atoms with Gasteiger partial charge in [0, 0.05) is 29.5 Å². The van der Waals surface area contributed by atoms with Crippen LogP contribution in [0.4, 0.5) is 11.4 Å². The summed E-state index contributed by atoms with van der Waals surface area (Å²) in [6.45, 7) is 6.80. The second-order valence-electron chi connectivity index (χ2n) is 9.76. The average molecular weight is 412 g/mol. The molecular weight excluding hydrogens is 382 g/mol. The van der Waals surface area contributed by atoms with Crippen LogP contribution in [0, 0.1) is 0 Å². The average Bonchev–Trinajstić information content (AvgIpc) is 2.99. The van der Waals surface area contributed by atoms with E-state index in [1.165, 1.54) is 43.4 Å². The van der Waals surface area contributed by atoms with Crippen LogP contribution in [-0.4, -0.2) is 22.5 Å². The molecule has 1 fully saturated rings. The summed E-state index contributed by atoms with van der Waals surface area (Å²) in [5, 5.41) is 2.19. The molecule has 0 amide bonds. The molecule has 1 atom stereocenters. The number of rotatable bonds is 1. The van der Waals surface area contributed by atoms with Crippen LogP contribution < -0.4 is 9.64 Å². The Labute approximate surface area is 184 Å². The van der Waals surface area contributed by atoms with Crippen LogP contribution in [0.15, 0.2) is 59.9 Å². The van der Waals surface area contributed by atoms with Gasteiger partial charge in [-0.15, -0.1) is 0 Å². The quantitative estimate of drug-likeness (QED) is 0.456. The first-order valence-electron chi connectivity index (χ1n) is 11.5. The molecule has 3 heterocycles. The van der Waals surface area contributed by atoms with Crippen molar-refractivity contribution in [2.75, 3.05) is 4.90 Å². The predicted octanol–water partition coefficient (Wildman–Crippen LogP) is 6.55. The summed E-state index contributed by atoms with van der Waals surface area (Å²) in [5.74, 6) is 0.854. The van der Waals surface area contributed by atoms with Crippen molar-refractivity contribution < 1.29 is 4.74 Å². The molecule has 1 saturated carbocycles. The van der Waals surface area contributed by atoms with Gasteiger partial charge in [0.15, 0.2) is 0 Å². The van der Waals surface area contributed by atoms with Gasteiger partial charge in [0.05, 0.1) is 11.1 Å². The van der Waals surface area contributed by atoms with Gasteiger partial charge in [-0.2, -0.15) is 0 Å². The highest BCUT2D eigenvalue weighted by molar-refractivity contribution is 6.06. The summed E-state index contributed by atoms with van der Waals surface area (Å²) >= 11 is 0. The Morgan fingerprint density at radius 2 is 1.81 bits per heavy atom. The standard InChI is InChI=1S/C27H29N3O/c1-18-27(31-24-14-13-19-15-16-28-17-21(19)25(24)29-18)26(2,3)22-11-7-8-12-23(22)30(27)20-9-5-4-6-10-20/h7-8,11-17,20H,4-6,9-10H2,1-3H3. The van der Waals surface area contributed by atoms with E-state index in [1.54, 1.807) is 0 Å². The van der Waals surface area contributed by atoms with Gasteiger partial charge in [-0.1, -0.05) is 43.5 Å². The van der Waals surface area contributed by atoms with Gasteiger partial charge in [0.1, 0.15) is 11.4 Å². The fraction of sp³-hybridized carbons (Fsp3) is 0.407. The number of hydrogen-bond donors (Lipinski definition) is 0. The second-order valence-corrected chi connectivity index (χ2v) is 9.76. The minimum atomic E-state index is -0.623. The van der Waals surface area contributed by atoms with Gasteiger partial charge in [0.2, 0.25) is 5.72 Å². The first kappa shape index (κ1) is 18.9. The number of para-hydroxylation sites is 1. The lowest BCUT2D eigenvalue weighted by Gasteiger charge is -2.52. The van der Waals surface area contributed by atoms with Crippen molar-refractivity contribution in [3.05, 3.63) is 60.4 Å². The minimum absolute atomic E-state index is 0.240. The third kappa shape index (κ3) is 2.42. The number of anilines is 1. The maximum absolute atomic E-state index is 7.13. The molecule has 3 aromatic rings. The highest BCUT2D eigenvalue weighted by atomic mass is 16.5. The van der Waals surface area contributed by atoms with Gasteiger partial charge in [-0.05, 0) is 62.8 Å². The number of benzene rings is 2. The van der Waals surface area contributed by atoms with Crippen LogP contribution in [0.1, 0.15) is 58.4 Å². The molecule has 0 bridgehead atoms. The highest BCUT2D eigenvalue weighted by Crippen LogP contribution is 2.57. The van der Waals surface area contributed by atoms with Crippen LogP contribution >= 0.6 is 0 Å². The van der Waals surface area contributed by atoms with Crippen molar-refractivity contribution in [2.24, 2.45) is 4.99 Å². The van der Waals surface area contributed by atoms with E-state index in [0.29, 0.717) is 6.04 Å². The van der Waals surface area contributed by atoms with Crippen molar-refractivity contribution in [1.82, 2.24) is 4.98 Å². The molecule has 3 aliphatic rings. The molecule has 6 rings (SSSR count). The fourth-order valence-electron chi connectivity index (χ4n) is 6.26. The number of nitrogens with zero attached hydrogens (tertiary/aromatic N) is 3. The Morgan fingerprint density at radius 3 is 2.65 bits per heavy atom. The van der Waals surface area contributed by atoms with E-state index in [2.05, 4.69) is 67.1 Å². The van der Waals surface area contributed by atoms with Gasteiger partial charge >= 0.3 is 0 Å². The summed E-state index contributed by atoms with van der Waals surface area (Å²) in [6, 6.07) is 15.6. The van der Waals surface area contributed by atoms with Crippen LogP contribution in [0.25, 0.3) is 10.8 Å². The zero-order chi connectivity index (χ0) is 21.2. The molecule has 4 nitrogen and oxygen atoms in total. The Morgan fingerprint density at radius 1 is 1.00 bits per heavy atom. The molecule has 2 aliphatic heterocycles. The number of pyridine rings is 1. The van der Waals surface area contributed by atoms with Crippen LogP contribution in [-0.2, 0) is 5.41 Å². The van der Waals surface area contributed by atoms with Crippen LogP contribution in [0.3, 0.4) is 0 Å². The molecule has 1 aromatic heterocycles. The molecule has 0 N–H and O–H groups in total. The summed E-state index contributed by atoms with van der Waals surface area (Å²) < 4.78 is 7.13. The smallest absolute Gasteiger partial charge is 0.231 e. The number of ether oxygens (including phenoxy) is 1. The third-order valence-corrected chi connectivity index (χ3v) is 7.75. The second kappa shape index (κ2) is 6.56. The van der Waals surface area contributed by atoms with E-state index in [1.807, 2.05) is 18.5 Å². The Balaban J connectivity index is 1.59. The first-order valence-corrected chi connectivity index (χ1v) is 11.5. The van der Waals surface area contributed by atoms with Crippen molar-refractivity contribution in [1.29, 1.82) is 0 Å². The SMILES string of the molecule is CC1=Nc2c(ccc3ccncc23)OC12N(C1CCCCC1)c1ccccc1C2(C)C. The summed E-state index contributed by atoms with van der Waals surface area (Å²) in [5.41, 5.74) is 3.73. The Hall–Kier alpha value is -2.88. The topological polar surface area (TPSA) is 37.7 Å². The van der Waals surface area contributed by atoms with E-state index in [4.69, 9.17) is 9.73 Å². The Kier molecular flexibility index (Phi) is 3.99. The maximum atomic E-state index is 7.13. The minimum Gasteiger partial charge on any atom is -0.459 e. The predicted molar refractivity (Wildman–Crippen MR) is 127 cm³/mol. The van der Waals surface area contributed by atoms with E-state index < -0.39 is 5.72 Å². The maximum Gasteiger partial charge on any atom is 0.231 e. The number of aromatic nitrogens is 1. The highest BCUT2D eigenvalue weighted by Gasteiger charge is 2.63. The van der Waals surface area contributed by atoms with Crippen molar-refractivity contribution >= 4 is 27.9 Å². The molecule has 4 heteroatoms. The zero-order valence-corrected chi connectivity index (χ0v) is 18.6. The number of hydrogen-bond acceptors (Lipinski definition) is 4. The molecule has 158 valence electrons. The van der Waals surface area contributed by atoms with E-state index >= 15 is 0 Å². The van der Waals surface area contributed by atoms with E-state index in [-0.39, 0.29) is 5.41 Å². The lowest BCUT2D eigenvalue weighted by Crippen LogP contribution is -2.67. The lowest BCUT2D eigenvalue weighted by atomic mass is 9.74. The molecule has 1 unspecified atom stereocenters. The van der Waals surface area contributed by atoms with E-state index in [0.717, 1.165) is 27.9 Å². The van der Waals surface area contributed by atoms with Gasteiger partial charge in [0.25, 0.3) is 0 Å². The van der Waals surface area contributed by atoms with Gasteiger partial charge in [-0.25, -0.2) is 4.99 Å². The van der Waals surface area contributed by atoms with Crippen molar-refractivity contribution in [2.45, 2.75) is 70.1 Å². The fourth-order valence-corrected chi connectivity index (χ4v) is 6.26. The lowest BCUT2D eigenvalue weighted by molar-refractivity contribution is 0.0606. The molecule has 1 aliphatic carbocycles. The normalized spacial score (nSPS) is 24.6. The van der Waals surface area contributed by atoms with Gasteiger partial charge < -0.3 is 9.64 Å². The monoisotopic (exact) mass is 411 g/mol. The first-order chi connectivity index (χ1) is 15.0. The van der Waals surface area contributed by atoms with Crippen LogP contribution in [0.2, 0.25) is 0 Å². The molecule has 1 spiro atoms. The summed E-state index contributed by atoms with van der Waals surface area (Å²) in [6.07, 6.45) is 10.0. The zero-order valence-electron chi connectivity index (χ0n) is 18.6. The van der Waals surface area contributed by atoms with Crippen LogP contribution in [0.5, 0.6) is 5.75 Å². The largest absolute Gasteiger partial charge is 0.459 e. The van der Waals surface area contributed by atoms with E-state index in [9.17, 15) is 0 Å². The van der Waals surface area contributed by atoms with Gasteiger partial charge in [-0.3, -0.25) is 4.98 Å².